The molecule has 0 aliphatic rings. The van der Waals surface area contributed by atoms with Crippen LogP contribution in [0.3, 0.4) is 0 Å². The first-order chi connectivity index (χ1) is 10.6. The zero-order valence-corrected chi connectivity index (χ0v) is 15.1. The third kappa shape index (κ3) is 5.28. The Morgan fingerprint density at radius 2 is 1.59 bits per heavy atom. The number of para-hydroxylation sites is 1. The Balaban J connectivity index is 2.71. The summed E-state index contributed by atoms with van der Waals surface area (Å²) in [6, 6.07) is 6.17. The molecule has 0 amide bonds. The molecule has 0 fully saturated rings. The largest absolute Gasteiger partial charge is 0.504 e. The molecular weight excluding hydrogens is 300 g/mol. The number of hydrogen-bond donors (Lipinski definition) is 1. The molecule has 1 aromatic rings. The molecule has 22 heavy (non-hydrogen) atoms. The van der Waals surface area contributed by atoms with Gasteiger partial charge in [0.2, 0.25) is 0 Å². The first-order valence-corrected chi connectivity index (χ1v) is 9.82. The fourth-order valence-corrected chi connectivity index (χ4v) is 5.11. The molecule has 0 aromatic heterocycles. The van der Waals surface area contributed by atoms with Gasteiger partial charge in [0.15, 0.2) is 11.5 Å². The van der Waals surface area contributed by atoms with E-state index in [4.69, 9.17) is 18.0 Å². The molecule has 1 aromatic carbocycles. The van der Waals surface area contributed by atoms with Crippen molar-refractivity contribution < 1.29 is 23.1 Å². The molecule has 1 rings (SSSR count). The predicted molar refractivity (Wildman–Crippen MR) is 88.4 cm³/mol. The number of phenolic OH excluding ortho intramolecular Hbond substituents is 1. The Morgan fingerprint density at radius 1 is 1.00 bits per heavy atom. The highest BCUT2D eigenvalue weighted by Gasteiger charge is 2.39. The Labute approximate surface area is 134 Å². The van der Waals surface area contributed by atoms with Crippen LogP contribution in [0.4, 0.5) is 0 Å². The molecule has 0 aliphatic heterocycles. The average Bonchev–Trinajstić information content (AvgIpc) is 2.48. The van der Waals surface area contributed by atoms with Crippen molar-refractivity contribution in [2.75, 3.05) is 26.9 Å². The number of methoxy groups -OCH3 is 1. The predicted octanol–water partition coefficient (Wildman–Crippen LogP) is 3.38. The van der Waals surface area contributed by atoms with Gasteiger partial charge >= 0.3 is 8.80 Å². The topological polar surface area (TPSA) is 57.2 Å². The minimum Gasteiger partial charge on any atom is -0.504 e. The van der Waals surface area contributed by atoms with Crippen LogP contribution in [0.1, 0.15) is 32.8 Å². The smallest absolute Gasteiger partial charge is 0.500 e. The summed E-state index contributed by atoms with van der Waals surface area (Å²) in [5.41, 5.74) is 0.981. The lowest BCUT2D eigenvalue weighted by Gasteiger charge is -2.28. The Morgan fingerprint density at radius 3 is 2.09 bits per heavy atom. The summed E-state index contributed by atoms with van der Waals surface area (Å²) in [6.45, 7) is 7.62. The first kappa shape index (κ1) is 19.0. The van der Waals surface area contributed by atoms with Gasteiger partial charge in [-0.3, -0.25) is 0 Å². The van der Waals surface area contributed by atoms with Crippen molar-refractivity contribution in [2.45, 2.75) is 39.7 Å². The maximum Gasteiger partial charge on any atom is 0.500 e. The fraction of sp³-hybridized carbons (Fsp3) is 0.625. The molecule has 6 heteroatoms. The van der Waals surface area contributed by atoms with Gasteiger partial charge in [0, 0.05) is 25.9 Å². The molecule has 126 valence electrons. The maximum absolute atomic E-state index is 9.81. The lowest BCUT2D eigenvalue weighted by molar-refractivity contribution is 0.0708. The zero-order chi connectivity index (χ0) is 16.4. The van der Waals surface area contributed by atoms with E-state index >= 15 is 0 Å². The number of aryl methyl sites for hydroxylation is 1. The van der Waals surface area contributed by atoms with E-state index in [0.717, 1.165) is 24.4 Å². The molecule has 0 radical (unpaired) electrons. The van der Waals surface area contributed by atoms with Crippen LogP contribution in [0.2, 0.25) is 6.04 Å². The van der Waals surface area contributed by atoms with Crippen molar-refractivity contribution >= 4 is 8.80 Å². The minimum absolute atomic E-state index is 0.169. The summed E-state index contributed by atoms with van der Waals surface area (Å²) >= 11 is 0. The van der Waals surface area contributed by atoms with Gasteiger partial charge in [-0.1, -0.05) is 12.1 Å². The van der Waals surface area contributed by atoms with Crippen LogP contribution in [-0.2, 0) is 19.7 Å². The van der Waals surface area contributed by atoms with Crippen LogP contribution < -0.4 is 4.74 Å². The van der Waals surface area contributed by atoms with Gasteiger partial charge in [-0.05, 0) is 45.2 Å². The monoisotopic (exact) mass is 328 g/mol. The molecule has 5 nitrogen and oxygen atoms in total. The van der Waals surface area contributed by atoms with E-state index in [1.165, 1.54) is 0 Å². The number of aromatic hydroxyl groups is 1. The van der Waals surface area contributed by atoms with Crippen molar-refractivity contribution in [3.8, 4) is 11.5 Å². The molecule has 0 saturated heterocycles. The lowest BCUT2D eigenvalue weighted by atomic mass is 10.1. The molecule has 0 bridgehead atoms. The quantitative estimate of drug-likeness (QED) is 0.631. The number of ether oxygens (including phenoxy) is 1. The average molecular weight is 328 g/mol. The van der Waals surface area contributed by atoms with Crippen LogP contribution in [0.25, 0.3) is 0 Å². The van der Waals surface area contributed by atoms with Crippen molar-refractivity contribution in [1.82, 2.24) is 0 Å². The second-order valence-corrected chi connectivity index (χ2v) is 7.54. The summed E-state index contributed by atoms with van der Waals surface area (Å²) < 4.78 is 22.8. The van der Waals surface area contributed by atoms with Gasteiger partial charge in [-0.2, -0.15) is 0 Å². The second-order valence-electron chi connectivity index (χ2n) is 4.81. The van der Waals surface area contributed by atoms with E-state index in [2.05, 4.69) is 0 Å². The highest BCUT2D eigenvalue weighted by atomic mass is 28.4. The molecule has 0 saturated carbocycles. The number of rotatable bonds is 11. The Kier molecular flexibility index (Phi) is 8.48. The molecular formula is C16H28O5Si. The minimum atomic E-state index is -2.59. The van der Waals surface area contributed by atoms with Crippen molar-refractivity contribution in [3.63, 3.8) is 0 Å². The van der Waals surface area contributed by atoms with E-state index in [0.29, 0.717) is 25.6 Å². The first-order valence-electron chi connectivity index (χ1n) is 7.89. The molecule has 0 aliphatic carbocycles. The highest BCUT2D eigenvalue weighted by Crippen LogP contribution is 2.31. The van der Waals surface area contributed by atoms with Gasteiger partial charge in [-0.25, -0.2) is 0 Å². The van der Waals surface area contributed by atoms with Crippen LogP contribution in [0.15, 0.2) is 18.2 Å². The third-order valence-electron chi connectivity index (χ3n) is 3.30. The fourth-order valence-electron chi connectivity index (χ4n) is 2.50. The molecule has 1 N–H and O–H groups in total. The normalized spacial score (nSPS) is 11.6. The summed E-state index contributed by atoms with van der Waals surface area (Å²) in [5, 5.41) is 9.81. The third-order valence-corrected chi connectivity index (χ3v) is 6.45. The number of phenols is 1. The van der Waals surface area contributed by atoms with Crippen molar-refractivity contribution in [1.29, 1.82) is 0 Å². The maximum atomic E-state index is 9.81. The van der Waals surface area contributed by atoms with Crippen LogP contribution in [0, 0.1) is 0 Å². The molecule has 0 atom stereocenters. The number of benzene rings is 1. The highest BCUT2D eigenvalue weighted by molar-refractivity contribution is 6.60. The summed E-state index contributed by atoms with van der Waals surface area (Å²) in [4.78, 5) is 0. The van der Waals surface area contributed by atoms with Gasteiger partial charge in [-0.15, -0.1) is 0 Å². The van der Waals surface area contributed by atoms with Gasteiger partial charge in [0.25, 0.3) is 0 Å². The number of hydrogen-bond acceptors (Lipinski definition) is 5. The van der Waals surface area contributed by atoms with E-state index in [1.807, 2.05) is 32.9 Å². The van der Waals surface area contributed by atoms with Gasteiger partial charge in [0.05, 0.1) is 7.11 Å². The lowest BCUT2D eigenvalue weighted by Crippen LogP contribution is -2.46. The summed E-state index contributed by atoms with van der Waals surface area (Å²) in [5.74, 6) is 0.710. The van der Waals surface area contributed by atoms with E-state index in [-0.39, 0.29) is 5.75 Å². The Hall–Kier alpha value is -1.08. The van der Waals surface area contributed by atoms with E-state index in [9.17, 15) is 5.11 Å². The SMILES string of the molecule is CCO[Si](CCCc1cccc(O)c1OC)(OCC)OCC. The second kappa shape index (κ2) is 9.84. The van der Waals surface area contributed by atoms with Crippen molar-refractivity contribution in [3.05, 3.63) is 23.8 Å². The van der Waals surface area contributed by atoms with Gasteiger partial charge in [0.1, 0.15) is 0 Å². The van der Waals surface area contributed by atoms with E-state index < -0.39 is 8.80 Å². The van der Waals surface area contributed by atoms with Crippen molar-refractivity contribution in [2.24, 2.45) is 0 Å². The zero-order valence-electron chi connectivity index (χ0n) is 14.1. The van der Waals surface area contributed by atoms with Crippen LogP contribution in [0.5, 0.6) is 11.5 Å². The summed E-state index contributed by atoms with van der Waals surface area (Å²) in [6.07, 6.45) is 1.63. The summed E-state index contributed by atoms with van der Waals surface area (Å²) in [7, 11) is -1.03. The molecule has 0 unspecified atom stereocenters. The molecule has 0 heterocycles. The van der Waals surface area contributed by atoms with Gasteiger partial charge < -0.3 is 23.1 Å². The van der Waals surface area contributed by atoms with Crippen LogP contribution in [-0.4, -0.2) is 40.8 Å². The standard InChI is InChI=1S/C16H28O5Si/c1-5-19-22(20-6-2,21-7-3)13-9-11-14-10-8-12-15(17)16(14)18-4/h8,10,12,17H,5-7,9,11,13H2,1-4H3. The Bertz CT molecular complexity index is 422. The molecule has 0 spiro atoms. The van der Waals surface area contributed by atoms with Crippen LogP contribution >= 0.6 is 0 Å². The van der Waals surface area contributed by atoms with E-state index in [1.54, 1.807) is 13.2 Å².